The van der Waals surface area contributed by atoms with Crippen LogP contribution in [0.25, 0.3) is 5.69 Å². The maximum absolute atomic E-state index is 9.19. The highest BCUT2D eigenvalue weighted by Gasteiger charge is 2.09. The van der Waals surface area contributed by atoms with Gasteiger partial charge in [0.2, 0.25) is 0 Å². The minimum absolute atomic E-state index is 0.0549. The summed E-state index contributed by atoms with van der Waals surface area (Å²) in [6, 6.07) is 7.56. The van der Waals surface area contributed by atoms with Crippen LogP contribution in [0.1, 0.15) is 30.3 Å². The SMILES string of the molecule is CCCc1nccn1-c1ccc(CO)cc1C#N. The van der Waals surface area contributed by atoms with Crippen molar-refractivity contribution >= 4 is 0 Å². The van der Waals surface area contributed by atoms with Crippen molar-refractivity contribution in [1.29, 1.82) is 5.26 Å². The number of benzene rings is 1. The molecule has 1 N–H and O–H groups in total. The molecule has 1 aromatic heterocycles. The van der Waals surface area contributed by atoms with Crippen molar-refractivity contribution in [1.82, 2.24) is 9.55 Å². The first kappa shape index (κ1) is 12.3. The summed E-state index contributed by atoms with van der Waals surface area (Å²) in [6.07, 6.45) is 5.49. The van der Waals surface area contributed by atoms with Gasteiger partial charge < -0.3 is 9.67 Å². The Balaban J connectivity index is 2.50. The normalized spacial score (nSPS) is 10.3. The molecule has 4 nitrogen and oxygen atoms in total. The molecule has 92 valence electrons. The molecule has 0 bridgehead atoms. The van der Waals surface area contributed by atoms with Crippen molar-refractivity contribution < 1.29 is 5.11 Å². The fourth-order valence-electron chi connectivity index (χ4n) is 1.94. The summed E-state index contributed by atoms with van der Waals surface area (Å²) >= 11 is 0. The number of rotatable bonds is 4. The second-order valence-corrected chi connectivity index (χ2v) is 4.08. The van der Waals surface area contributed by atoms with E-state index in [4.69, 9.17) is 5.11 Å². The van der Waals surface area contributed by atoms with Crippen LogP contribution in [0.5, 0.6) is 0 Å². The number of aromatic nitrogens is 2. The first-order valence-electron chi connectivity index (χ1n) is 5.96. The van der Waals surface area contributed by atoms with Crippen LogP contribution in [0.2, 0.25) is 0 Å². The van der Waals surface area contributed by atoms with Gasteiger partial charge in [-0.05, 0) is 24.1 Å². The van der Waals surface area contributed by atoms with E-state index >= 15 is 0 Å². The molecule has 18 heavy (non-hydrogen) atoms. The lowest BCUT2D eigenvalue weighted by molar-refractivity contribution is 0.282. The molecule has 0 amide bonds. The van der Waals surface area contributed by atoms with Gasteiger partial charge in [-0.25, -0.2) is 4.98 Å². The fourth-order valence-corrected chi connectivity index (χ4v) is 1.94. The molecule has 0 atom stereocenters. The van der Waals surface area contributed by atoms with Crippen LogP contribution >= 0.6 is 0 Å². The Labute approximate surface area is 106 Å². The van der Waals surface area contributed by atoms with Gasteiger partial charge in [0.15, 0.2) is 0 Å². The number of aryl methyl sites for hydroxylation is 1. The molecular formula is C14H15N3O. The van der Waals surface area contributed by atoms with Gasteiger partial charge in [0.1, 0.15) is 11.9 Å². The first-order chi connectivity index (χ1) is 8.80. The van der Waals surface area contributed by atoms with Crippen molar-refractivity contribution in [3.63, 3.8) is 0 Å². The van der Waals surface area contributed by atoms with Gasteiger partial charge >= 0.3 is 0 Å². The Morgan fingerprint density at radius 1 is 1.44 bits per heavy atom. The van der Waals surface area contributed by atoms with Crippen molar-refractivity contribution in [3.05, 3.63) is 47.5 Å². The quantitative estimate of drug-likeness (QED) is 0.892. The molecule has 0 fully saturated rings. The Bertz CT molecular complexity index is 581. The van der Waals surface area contributed by atoms with Gasteiger partial charge in [-0.1, -0.05) is 13.0 Å². The van der Waals surface area contributed by atoms with Gasteiger partial charge in [0, 0.05) is 18.8 Å². The average molecular weight is 241 g/mol. The van der Waals surface area contributed by atoms with Crippen LogP contribution in [-0.2, 0) is 13.0 Å². The molecule has 0 spiro atoms. The minimum atomic E-state index is -0.0549. The largest absolute Gasteiger partial charge is 0.392 e. The predicted octanol–water partition coefficient (Wildman–Crippen LogP) is 2.19. The molecule has 0 aliphatic carbocycles. The topological polar surface area (TPSA) is 61.8 Å². The third-order valence-corrected chi connectivity index (χ3v) is 2.81. The maximum atomic E-state index is 9.19. The van der Waals surface area contributed by atoms with Crippen molar-refractivity contribution in [2.24, 2.45) is 0 Å². The van der Waals surface area contributed by atoms with E-state index in [9.17, 15) is 5.26 Å². The molecule has 0 unspecified atom stereocenters. The summed E-state index contributed by atoms with van der Waals surface area (Å²) in [5.74, 6) is 0.950. The van der Waals surface area contributed by atoms with Crippen molar-refractivity contribution in [2.45, 2.75) is 26.4 Å². The molecule has 0 saturated heterocycles. The Hall–Kier alpha value is -2.12. The van der Waals surface area contributed by atoms with Gasteiger partial charge in [-0.3, -0.25) is 0 Å². The van der Waals surface area contributed by atoms with E-state index in [1.807, 2.05) is 22.9 Å². The molecule has 0 saturated carbocycles. The third-order valence-electron chi connectivity index (χ3n) is 2.81. The zero-order valence-electron chi connectivity index (χ0n) is 10.3. The molecule has 4 heteroatoms. The van der Waals surface area contributed by atoms with E-state index in [-0.39, 0.29) is 6.61 Å². The zero-order valence-corrected chi connectivity index (χ0v) is 10.3. The zero-order chi connectivity index (χ0) is 13.0. The number of aliphatic hydroxyl groups is 1. The second-order valence-electron chi connectivity index (χ2n) is 4.08. The van der Waals surface area contributed by atoms with Crippen LogP contribution in [-0.4, -0.2) is 14.7 Å². The second kappa shape index (κ2) is 5.48. The van der Waals surface area contributed by atoms with E-state index in [1.165, 1.54) is 0 Å². The summed E-state index contributed by atoms with van der Waals surface area (Å²) in [5.41, 5.74) is 2.11. The van der Waals surface area contributed by atoms with Crippen LogP contribution in [0.15, 0.2) is 30.6 Å². The van der Waals surface area contributed by atoms with Crippen molar-refractivity contribution in [2.75, 3.05) is 0 Å². The summed E-state index contributed by atoms with van der Waals surface area (Å²) in [5, 5.41) is 18.3. The molecule has 0 aliphatic heterocycles. The molecule has 2 rings (SSSR count). The molecule has 1 heterocycles. The van der Waals surface area contributed by atoms with E-state index in [0.29, 0.717) is 5.56 Å². The van der Waals surface area contributed by atoms with E-state index in [0.717, 1.165) is 29.9 Å². The molecule has 1 aromatic carbocycles. The highest BCUT2D eigenvalue weighted by Crippen LogP contribution is 2.18. The number of nitriles is 1. The smallest absolute Gasteiger partial charge is 0.113 e. The maximum Gasteiger partial charge on any atom is 0.113 e. The van der Waals surface area contributed by atoms with Crippen molar-refractivity contribution in [3.8, 4) is 11.8 Å². The standard InChI is InChI=1S/C14H15N3O/c1-2-3-14-16-6-7-17(14)13-5-4-11(10-18)8-12(13)9-15/h4-8,18H,2-3,10H2,1H3. The lowest BCUT2D eigenvalue weighted by Crippen LogP contribution is -2.03. The monoisotopic (exact) mass is 241 g/mol. The van der Waals surface area contributed by atoms with Crippen LogP contribution < -0.4 is 0 Å². The number of nitrogens with zero attached hydrogens (tertiary/aromatic N) is 3. The fraction of sp³-hybridized carbons (Fsp3) is 0.286. The lowest BCUT2D eigenvalue weighted by Gasteiger charge is -2.10. The van der Waals surface area contributed by atoms with Gasteiger partial charge in [-0.2, -0.15) is 5.26 Å². The van der Waals surface area contributed by atoms with Gasteiger partial charge in [-0.15, -0.1) is 0 Å². The lowest BCUT2D eigenvalue weighted by atomic mass is 10.1. The number of aliphatic hydroxyl groups excluding tert-OH is 1. The first-order valence-corrected chi connectivity index (χ1v) is 5.96. The number of hydrogen-bond acceptors (Lipinski definition) is 3. The summed E-state index contributed by atoms with van der Waals surface area (Å²) in [6.45, 7) is 2.04. The molecule has 0 radical (unpaired) electrons. The molecule has 2 aromatic rings. The Morgan fingerprint density at radius 2 is 2.28 bits per heavy atom. The number of imidazole rings is 1. The number of hydrogen-bond donors (Lipinski definition) is 1. The summed E-state index contributed by atoms with van der Waals surface area (Å²) in [4.78, 5) is 4.30. The Kier molecular flexibility index (Phi) is 3.75. The average Bonchev–Trinajstić information content (AvgIpc) is 2.86. The van der Waals surface area contributed by atoms with Crippen LogP contribution in [0.4, 0.5) is 0 Å². The predicted molar refractivity (Wildman–Crippen MR) is 68.2 cm³/mol. The summed E-state index contributed by atoms with van der Waals surface area (Å²) in [7, 11) is 0. The Morgan fingerprint density at radius 3 is 2.94 bits per heavy atom. The minimum Gasteiger partial charge on any atom is -0.392 e. The van der Waals surface area contributed by atoms with Gasteiger partial charge in [0.05, 0.1) is 17.9 Å². The van der Waals surface area contributed by atoms with Crippen LogP contribution in [0.3, 0.4) is 0 Å². The summed E-state index contributed by atoms with van der Waals surface area (Å²) < 4.78 is 1.93. The van der Waals surface area contributed by atoms with E-state index < -0.39 is 0 Å². The highest BCUT2D eigenvalue weighted by atomic mass is 16.3. The van der Waals surface area contributed by atoms with Gasteiger partial charge in [0.25, 0.3) is 0 Å². The third kappa shape index (κ3) is 2.27. The highest BCUT2D eigenvalue weighted by molar-refractivity contribution is 5.51. The van der Waals surface area contributed by atoms with E-state index in [2.05, 4.69) is 18.0 Å². The van der Waals surface area contributed by atoms with Crippen LogP contribution in [0, 0.1) is 11.3 Å². The molecule has 0 aliphatic rings. The van der Waals surface area contributed by atoms with E-state index in [1.54, 1.807) is 12.3 Å². The molecular weight excluding hydrogens is 226 g/mol.